The van der Waals surface area contributed by atoms with E-state index in [4.69, 9.17) is 14.9 Å². The number of benzene rings is 1. The smallest absolute Gasteiger partial charge is 0.408 e. The van der Waals surface area contributed by atoms with E-state index >= 15 is 0 Å². The number of nitrogens with one attached hydrogen (secondary N) is 1. The monoisotopic (exact) mass is 516 g/mol. The van der Waals surface area contributed by atoms with Crippen molar-refractivity contribution in [1.82, 2.24) is 24.5 Å². The molecule has 0 aliphatic carbocycles. The van der Waals surface area contributed by atoms with Crippen LogP contribution >= 0.6 is 0 Å². The summed E-state index contributed by atoms with van der Waals surface area (Å²) < 4.78 is 68.9. The van der Waals surface area contributed by atoms with Crippen LogP contribution in [-0.2, 0) is 4.74 Å². The van der Waals surface area contributed by atoms with Crippen molar-refractivity contribution in [3.8, 4) is 17.3 Å². The van der Waals surface area contributed by atoms with Crippen molar-refractivity contribution in [1.29, 1.82) is 5.41 Å². The number of pyridine rings is 2. The summed E-state index contributed by atoms with van der Waals surface area (Å²) in [6, 6.07) is 7.04. The maximum atomic E-state index is 14.5. The van der Waals surface area contributed by atoms with Gasteiger partial charge in [-0.25, -0.2) is 9.37 Å². The number of rotatable bonds is 7. The Balaban J connectivity index is 1.54. The number of aromatic nitrogens is 4. The van der Waals surface area contributed by atoms with Gasteiger partial charge in [-0.3, -0.25) is 9.30 Å². The molecular weight excluding hydrogens is 492 g/mol. The molecule has 4 aromatic rings. The Bertz CT molecular complexity index is 1470. The summed E-state index contributed by atoms with van der Waals surface area (Å²) in [6.07, 6.45) is -3.10. The third-order valence-corrected chi connectivity index (χ3v) is 6.36. The van der Waals surface area contributed by atoms with Crippen LogP contribution in [-0.4, -0.2) is 69.3 Å². The Morgan fingerprint density at radius 2 is 1.95 bits per heavy atom. The predicted octanol–water partition coefficient (Wildman–Crippen LogP) is 4.83. The fraction of sp³-hybridized carbons (Fsp3) is 0.360. The number of hydrogen-bond donors (Lipinski definition) is 1. The number of hydrogen-bond acceptors (Lipinski definition) is 7. The highest BCUT2D eigenvalue weighted by atomic mass is 19.4. The molecule has 1 aliphatic rings. The third kappa shape index (κ3) is 4.98. The van der Waals surface area contributed by atoms with Gasteiger partial charge in [0.25, 0.3) is 0 Å². The molecule has 1 aromatic carbocycles. The Labute approximate surface area is 209 Å². The Morgan fingerprint density at radius 1 is 1.14 bits per heavy atom. The van der Waals surface area contributed by atoms with Gasteiger partial charge in [-0.15, -0.1) is 10.2 Å². The molecule has 1 saturated heterocycles. The van der Waals surface area contributed by atoms with Crippen molar-refractivity contribution in [3.05, 3.63) is 54.0 Å². The minimum atomic E-state index is -4.53. The average molecular weight is 516 g/mol. The molecule has 0 amide bonds. The fourth-order valence-corrected chi connectivity index (χ4v) is 4.39. The molecule has 3 aromatic heterocycles. The highest BCUT2D eigenvalue weighted by molar-refractivity contribution is 5.85. The quantitative estimate of drug-likeness (QED) is 0.354. The second-order valence-corrected chi connectivity index (χ2v) is 9.01. The van der Waals surface area contributed by atoms with Crippen LogP contribution in [0.2, 0.25) is 0 Å². The molecule has 4 heterocycles. The minimum absolute atomic E-state index is 0.0126. The first-order valence-electron chi connectivity index (χ1n) is 11.6. The van der Waals surface area contributed by atoms with E-state index in [9.17, 15) is 17.6 Å². The van der Waals surface area contributed by atoms with Crippen molar-refractivity contribution >= 4 is 22.3 Å². The highest BCUT2D eigenvalue weighted by Crippen LogP contribution is 2.39. The third-order valence-electron chi connectivity index (χ3n) is 6.36. The van der Waals surface area contributed by atoms with E-state index in [1.807, 2.05) is 0 Å². The first kappa shape index (κ1) is 25.0. The van der Waals surface area contributed by atoms with Gasteiger partial charge in [0.1, 0.15) is 18.3 Å². The van der Waals surface area contributed by atoms with Crippen LogP contribution in [0.4, 0.5) is 17.6 Å². The number of likely N-dealkylation sites (tertiary alicyclic amines) is 1. The summed E-state index contributed by atoms with van der Waals surface area (Å²) in [5, 5.41) is 16.5. The molecule has 5 rings (SSSR count). The Morgan fingerprint density at radius 3 is 2.65 bits per heavy atom. The number of fused-ring (bicyclic) bond motifs is 2. The summed E-state index contributed by atoms with van der Waals surface area (Å²) >= 11 is 0. The lowest BCUT2D eigenvalue weighted by atomic mass is 10.1. The van der Waals surface area contributed by atoms with Crippen LogP contribution in [0.3, 0.4) is 0 Å². The zero-order valence-corrected chi connectivity index (χ0v) is 20.1. The van der Waals surface area contributed by atoms with Crippen molar-refractivity contribution in [2.24, 2.45) is 0 Å². The lowest BCUT2D eigenvalue weighted by Gasteiger charge is -2.29. The molecule has 194 valence electrons. The van der Waals surface area contributed by atoms with Crippen molar-refractivity contribution in [2.45, 2.75) is 31.7 Å². The number of halogens is 4. The standard InChI is InChI=1S/C25H24F4N6O2/c1-14(36-2)13-37-21-10-20-15(9-18(21)26)3-5-19(31-20)24-33-32-22-6-4-16(11-35(22)24)23(25(27,28)29)34-8-7-17(30)12-34/h3-6,9-11,14,23,30H,7-8,12-13H2,1-2H3/t14-,23-/m1/s1. The first-order valence-corrected chi connectivity index (χ1v) is 11.6. The van der Waals surface area contributed by atoms with E-state index in [-0.39, 0.29) is 48.6 Å². The highest BCUT2D eigenvalue weighted by Gasteiger charge is 2.46. The molecule has 0 spiro atoms. The van der Waals surface area contributed by atoms with Gasteiger partial charge in [0.05, 0.1) is 11.6 Å². The van der Waals surface area contributed by atoms with E-state index in [2.05, 4.69) is 15.2 Å². The van der Waals surface area contributed by atoms with Crippen molar-refractivity contribution in [3.63, 3.8) is 0 Å². The normalized spacial score (nSPS) is 16.5. The van der Waals surface area contributed by atoms with Crippen LogP contribution in [0.25, 0.3) is 28.1 Å². The van der Waals surface area contributed by atoms with Gasteiger partial charge in [0.2, 0.25) is 0 Å². The maximum Gasteiger partial charge on any atom is 0.408 e. The van der Waals surface area contributed by atoms with Gasteiger partial charge >= 0.3 is 6.18 Å². The van der Waals surface area contributed by atoms with Crippen LogP contribution in [0.1, 0.15) is 24.9 Å². The predicted molar refractivity (Wildman–Crippen MR) is 128 cm³/mol. The molecule has 0 radical (unpaired) electrons. The van der Waals surface area contributed by atoms with Crippen LogP contribution in [0, 0.1) is 11.2 Å². The van der Waals surface area contributed by atoms with Gasteiger partial charge in [0, 0.05) is 43.6 Å². The van der Waals surface area contributed by atoms with Crippen LogP contribution in [0.5, 0.6) is 5.75 Å². The number of ether oxygens (including phenoxy) is 2. The van der Waals surface area contributed by atoms with E-state index < -0.39 is 18.0 Å². The lowest BCUT2D eigenvalue weighted by Crippen LogP contribution is -2.37. The van der Waals surface area contributed by atoms with Gasteiger partial charge in [-0.2, -0.15) is 13.2 Å². The van der Waals surface area contributed by atoms with Gasteiger partial charge in [-0.05, 0) is 37.1 Å². The fourth-order valence-electron chi connectivity index (χ4n) is 4.39. The van der Waals surface area contributed by atoms with Gasteiger partial charge in [-0.1, -0.05) is 12.1 Å². The Kier molecular flexibility index (Phi) is 6.54. The average Bonchev–Trinajstić information content (AvgIpc) is 3.47. The van der Waals surface area contributed by atoms with Gasteiger partial charge in [0.15, 0.2) is 23.0 Å². The lowest BCUT2D eigenvalue weighted by molar-refractivity contribution is -0.183. The zero-order valence-electron chi connectivity index (χ0n) is 20.1. The van der Waals surface area contributed by atoms with Crippen LogP contribution < -0.4 is 4.74 Å². The molecule has 0 unspecified atom stereocenters. The molecule has 8 nitrogen and oxygen atoms in total. The zero-order chi connectivity index (χ0) is 26.3. The minimum Gasteiger partial charge on any atom is -0.488 e. The van der Waals surface area contributed by atoms with Crippen LogP contribution in [0.15, 0.2) is 42.6 Å². The summed E-state index contributed by atoms with van der Waals surface area (Å²) in [6.45, 7) is 2.06. The number of alkyl halides is 3. The SMILES string of the molecule is CO[C@H](C)COc1cc2nc(-c3nnc4ccc([C@@H](N5CCC(=N)C5)C(F)(F)F)cn34)ccc2cc1F. The Hall–Kier alpha value is -3.64. The summed E-state index contributed by atoms with van der Waals surface area (Å²) in [7, 11) is 1.53. The maximum absolute atomic E-state index is 14.5. The number of methoxy groups -OCH3 is 1. The molecule has 0 bridgehead atoms. The molecule has 12 heteroatoms. The van der Waals surface area contributed by atoms with E-state index in [0.717, 1.165) is 0 Å². The molecule has 1 fully saturated rings. The molecule has 2 atom stereocenters. The summed E-state index contributed by atoms with van der Waals surface area (Å²) in [5.74, 6) is -0.289. The molecule has 1 aliphatic heterocycles. The molecule has 1 N–H and O–H groups in total. The summed E-state index contributed by atoms with van der Waals surface area (Å²) in [5.41, 5.74) is 1.42. The van der Waals surface area contributed by atoms with E-state index in [1.165, 1.54) is 46.9 Å². The van der Waals surface area contributed by atoms with Crippen molar-refractivity contribution < 1.29 is 27.0 Å². The first-order chi connectivity index (χ1) is 17.6. The second-order valence-electron chi connectivity index (χ2n) is 9.01. The molecular formula is C25H24F4N6O2. The van der Waals surface area contributed by atoms with Crippen molar-refractivity contribution in [2.75, 3.05) is 26.8 Å². The molecule has 0 saturated carbocycles. The second kappa shape index (κ2) is 9.67. The van der Waals surface area contributed by atoms with Gasteiger partial charge < -0.3 is 14.9 Å². The topological polar surface area (TPSA) is 88.6 Å². The van der Waals surface area contributed by atoms with E-state index in [0.29, 0.717) is 28.7 Å². The van der Waals surface area contributed by atoms with E-state index in [1.54, 1.807) is 19.1 Å². The molecule has 37 heavy (non-hydrogen) atoms. The summed E-state index contributed by atoms with van der Waals surface area (Å²) in [4.78, 5) is 5.82. The largest absolute Gasteiger partial charge is 0.488 e. The number of nitrogens with zero attached hydrogens (tertiary/aromatic N) is 5.